The molecule has 0 aliphatic rings. The van der Waals surface area contributed by atoms with Crippen LogP contribution in [0, 0.1) is 20.8 Å². The van der Waals surface area contributed by atoms with Crippen molar-refractivity contribution in [2.24, 2.45) is 0 Å². The fraction of sp³-hybridized carbons (Fsp3) is 0.143. The third-order valence-electron chi connectivity index (χ3n) is 3.78. The van der Waals surface area contributed by atoms with Gasteiger partial charge in [-0.2, -0.15) is 0 Å². The van der Waals surface area contributed by atoms with Gasteiger partial charge in [0, 0.05) is 0 Å². The van der Waals surface area contributed by atoms with Crippen LogP contribution in [0.4, 0.5) is 0 Å². The highest BCUT2D eigenvalue weighted by molar-refractivity contribution is 5.45. The molecular formula is C21H20O2. The van der Waals surface area contributed by atoms with Gasteiger partial charge in [0.1, 0.15) is 23.0 Å². The minimum absolute atomic E-state index is 0.814. The van der Waals surface area contributed by atoms with E-state index in [9.17, 15) is 0 Å². The van der Waals surface area contributed by atoms with E-state index in [1.807, 2.05) is 87.5 Å². The number of hydrogen-bond acceptors (Lipinski definition) is 2. The van der Waals surface area contributed by atoms with Gasteiger partial charge in [-0.25, -0.2) is 0 Å². The monoisotopic (exact) mass is 304 g/mol. The zero-order chi connectivity index (χ0) is 16.2. The van der Waals surface area contributed by atoms with Gasteiger partial charge < -0.3 is 9.47 Å². The lowest BCUT2D eigenvalue weighted by Gasteiger charge is -2.13. The molecule has 0 spiro atoms. The van der Waals surface area contributed by atoms with Gasteiger partial charge in [0.2, 0.25) is 0 Å². The molecule has 0 saturated heterocycles. The normalized spacial score (nSPS) is 10.4. The lowest BCUT2D eigenvalue weighted by atomic mass is 10.2. The van der Waals surface area contributed by atoms with Crippen molar-refractivity contribution >= 4 is 0 Å². The van der Waals surface area contributed by atoms with Gasteiger partial charge in [-0.1, -0.05) is 36.4 Å². The van der Waals surface area contributed by atoms with Crippen LogP contribution in [0.25, 0.3) is 0 Å². The van der Waals surface area contributed by atoms with Crippen LogP contribution >= 0.6 is 0 Å². The van der Waals surface area contributed by atoms with Gasteiger partial charge in [-0.15, -0.1) is 0 Å². The predicted molar refractivity (Wildman–Crippen MR) is 93.7 cm³/mol. The summed E-state index contributed by atoms with van der Waals surface area (Å²) >= 11 is 0. The Bertz CT molecular complexity index is 822. The second-order valence-electron chi connectivity index (χ2n) is 5.66. The average molecular weight is 304 g/mol. The van der Waals surface area contributed by atoms with Crippen molar-refractivity contribution < 1.29 is 9.47 Å². The Balaban J connectivity index is 1.81. The number of hydrogen-bond donors (Lipinski definition) is 0. The minimum Gasteiger partial charge on any atom is -0.457 e. The molecule has 2 heteroatoms. The maximum atomic E-state index is 6.01. The van der Waals surface area contributed by atoms with E-state index in [0.29, 0.717) is 0 Å². The second-order valence-corrected chi connectivity index (χ2v) is 5.66. The first kappa shape index (κ1) is 15.2. The number of aryl methyl sites for hydroxylation is 3. The van der Waals surface area contributed by atoms with Crippen LogP contribution in [-0.2, 0) is 0 Å². The smallest absolute Gasteiger partial charge is 0.130 e. The molecule has 0 fully saturated rings. The molecule has 0 heterocycles. The van der Waals surface area contributed by atoms with E-state index in [4.69, 9.17) is 9.47 Å². The van der Waals surface area contributed by atoms with Crippen LogP contribution < -0.4 is 9.47 Å². The van der Waals surface area contributed by atoms with Crippen molar-refractivity contribution in [1.82, 2.24) is 0 Å². The zero-order valence-corrected chi connectivity index (χ0v) is 13.7. The minimum atomic E-state index is 0.814. The maximum Gasteiger partial charge on any atom is 0.130 e. The Morgan fingerprint density at radius 1 is 0.522 bits per heavy atom. The van der Waals surface area contributed by atoms with Crippen molar-refractivity contribution in [2.75, 3.05) is 0 Å². The number of para-hydroxylation sites is 2. The molecule has 0 aliphatic heterocycles. The molecular weight excluding hydrogens is 284 g/mol. The summed E-state index contributed by atoms with van der Waals surface area (Å²) in [6.45, 7) is 6.11. The third kappa shape index (κ3) is 3.54. The van der Waals surface area contributed by atoms with Crippen LogP contribution in [0.15, 0.2) is 66.7 Å². The molecule has 0 amide bonds. The molecule has 3 rings (SSSR count). The fourth-order valence-electron chi connectivity index (χ4n) is 2.39. The molecule has 23 heavy (non-hydrogen) atoms. The van der Waals surface area contributed by atoms with Crippen LogP contribution in [0.5, 0.6) is 23.0 Å². The number of benzene rings is 3. The van der Waals surface area contributed by atoms with Crippen molar-refractivity contribution in [3.8, 4) is 23.0 Å². The summed E-state index contributed by atoms with van der Waals surface area (Å²) in [5, 5.41) is 0. The molecule has 116 valence electrons. The first-order valence-corrected chi connectivity index (χ1v) is 7.71. The summed E-state index contributed by atoms with van der Waals surface area (Å²) in [5.41, 5.74) is 3.27. The first-order chi connectivity index (χ1) is 11.1. The zero-order valence-electron chi connectivity index (χ0n) is 13.7. The molecule has 0 atom stereocenters. The highest BCUT2D eigenvalue weighted by atomic mass is 16.5. The van der Waals surface area contributed by atoms with E-state index in [2.05, 4.69) is 0 Å². The van der Waals surface area contributed by atoms with E-state index < -0.39 is 0 Å². The third-order valence-corrected chi connectivity index (χ3v) is 3.78. The molecule has 0 aromatic heterocycles. The van der Waals surface area contributed by atoms with Crippen molar-refractivity contribution in [3.05, 3.63) is 83.4 Å². The topological polar surface area (TPSA) is 18.5 Å². The Hall–Kier alpha value is -2.74. The van der Waals surface area contributed by atoms with Gasteiger partial charge in [0.05, 0.1) is 0 Å². The Labute approximate surface area is 137 Å². The average Bonchev–Trinajstić information content (AvgIpc) is 2.54. The van der Waals surface area contributed by atoms with Crippen LogP contribution in [-0.4, -0.2) is 0 Å². The largest absolute Gasteiger partial charge is 0.457 e. The first-order valence-electron chi connectivity index (χ1n) is 7.71. The van der Waals surface area contributed by atoms with Crippen molar-refractivity contribution in [1.29, 1.82) is 0 Å². The Kier molecular flexibility index (Phi) is 4.33. The highest BCUT2D eigenvalue weighted by Crippen LogP contribution is 2.32. The summed E-state index contributed by atoms with van der Waals surface area (Å²) in [6, 6.07) is 21.9. The summed E-state index contributed by atoms with van der Waals surface area (Å²) in [4.78, 5) is 0. The van der Waals surface area contributed by atoms with E-state index in [1.165, 1.54) is 0 Å². The highest BCUT2D eigenvalue weighted by Gasteiger charge is 2.07. The van der Waals surface area contributed by atoms with E-state index in [0.717, 1.165) is 39.7 Å². The molecule has 0 aliphatic carbocycles. The van der Waals surface area contributed by atoms with Gasteiger partial charge >= 0.3 is 0 Å². The molecule has 0 unspecified atom stereocenters. The van der Waals surface area contributed by atoms with Crippen molar-refractivity contribution in [2.45, 2.75) is 20.8 Å². The maximum absolute atomic E-state index is 6.01. The number of ether oxygens (including phenoxy) is 2. The second kappa shape index (κ2) is 6.57. The van der Waals surface area contributed by atoms with E-state index in [-0.39, 0.29) is 0 Å². The molecule has 0 radical (unpaired) electrons. The van der Waals surface area contributed by atoms with Crippen LogP contribution in [0.3, 0.4) is 0 Å². The number of rotatable bonds is 4. The van der Waals surface area contributed by atoms with Crippen LogP contribution in [0.1, 0.15) is 16.7 Å². The van der Waals surface area contributed by atoms with Gasteiger partial charge in [0.15, 0.2) is 0 Å². The van der Waals surface area contributed by atoms with Gasteiger partial charge in [0.25, 0.3) is 0 Å². The summed E-state index contributed by atoms with van der Waals surface area (Å²) in [7, 11) is 0. The standard InChI is InChI=1S/C21H20O2/c1-15-8-4-6-10-19(15)22-18-12-13-21(17(3)14-18)23-20-11-7-5-9-16(20)2/h4-14H,1-3H3. The van der Waals surface area contributed by atoms with E-state index in [1.54, 1.807) is 0 Å². The predicted octanol–water partition coefficient (Wildman–Crippen LogP) is 6.20. The summed E-state index contributed by atoms with van der Waals surface area (Å²) in [6.07, 6.45) is 0. The summed E-state index contributed by atoms with van der Waals surface area (Å²) < 4.78 is 12.0. The molecule has 0 bridgehead atoms. The van der Waals surface area contributed by atoms with Crippen molar-refractivity contribution in [3.63, 3.8) is 0 Å². The summed E-state index contributed by atoms with van der Waals surface area (Å²) in [5.74, 6) is 3.41. The molecule has 2 nitrogen and oxygen atoms in total. The molecule has 0 N–H and O–H groups in total. The van der Waals surface area contributed by atoms with Gasteiger partial charge in [-0.05, 0) is 67.8 Å². The van der Waals surface area contributed by atoms with E-state index >= 15 is 0 Å². The molecule has 3 aromatic rings. The lowest BCUT2D eigenvalue weighted by Crippen LogP contribution is -1.92. The molecule has 0 saturated carbocycles. The van der Waals surface area contributed by atoms with Gasteiger partial charge in [-0.3, -0.25) is 0 Å². The SMILES string of the molecule is Cc1ccccc1Oc1ccc(Oc2ccccc2C)c(C)c1. The molecule has 3 aromatic carbocycles. The Morgan fingerprint density at radius 3 is 1.61 bits per heavy atom. The lowest BCUT2D eigenvalue weighted by molar-refractivity contribution is 0.462. The Morgan fingerprint density at radius 2 is 1.04 bits per heavy atom. The fourth-order valence-corrected chi connectivity index (χ4v) is 2.39. The quantitative estimate of drug-likeness (QED) is 0.571. The van der Waals surface area contributed by atoms with Crippen LogP contribution in [0.2, 0.25) is 0 Å².